The smallest absolute Gasteiger partial charge is 0.127 e. The minimum Gasteiger partial charge on any atom is -0.314 e. The van der Waals surface area contributed by atoms with Crippen LogP contribution in [0.15, 0.2) is 24.3 Å². The first-order chi connectivity index (χ1) is 9.30. The van der Waals surface area contributed by atoms with E-state index in [1.807, 2.05) is 12.1 Å². The zero-order chi connectivity index (χ0) is 13.1. The molecule has 0 aromatic heterocycles. The molecule has 19 heavy (non-hydrogen) atoms. The summed E-state index contributed by atoms with van der Waals surface area (Å²) >= 11 is 0. The number of hydrogen-bond acceptors (Lipinski definition) is 2. The van der Waals surface area contributed by atoms with E-state index < -0.39 is 0 Å². The van der Waals surface area contributed by atoms with Gasteiger partial charge in [-0.2, -0.15) is 0 Å². The van der Waals surface area contributed by atoms with Crippen molar-refractivity contribution in [2.24, 2.45) is 0 Å². The number of benzene rings is 1. The minimum atomic E-state index is -0.0630. The fraction of sp³-hybridized carbons (Fsp3) is 0.625. The Morgan fingerprint density at radius 3 is 2.74 bits per heavy atom. The first-order valence-corrected chi connectivity index (χ1v) is 7.49. The Morgan fingerprint density at radius 1 is 1.16 bits per heavy atom. The van der Waals surface area contributed by atoms with Crippen molar-refractivity contribution in [3.05, 3.63) is 35.6 Å². The average Bonchev–Trinajstić information content (AvgIpc) is 2.45. The zero-order valence-corrected chi connectivity index (χ0v) is 11.5. The van der Waals surface area contributed by atoms with E-state index in [4.69, 9.17) is 0 Å². The molecular weight excluding hydrogens is 239 g/mol. The second kappa shape index (κ2) is 5.59. The second-order valence-corrected chi connectivity index (χ2v) is 5.97. The Kier molecular flexibility index (Phi) is 3.85. The largest absolute Gasteiger partial charge is 0.314 e. The Labute approximate surface area is 115 Å². The Bertz CT molecular complexity index is 418. The van der Waals surface area contributed by atoms with Crippen molar-refractivity contribution in [3.8, 4) is 0 Å². The van der Waals surface area contributed by atoms with Crippen LogP contribution >= 0.6 is 0 Å². The van der Waals surface area contributed by atoms with E-state index in [1.165, 1.54) is 32.1 Å². The van der Waals surface area contributed by atoms with E-state index in [2.05, 4.69) is 10.2 Å². The lowest BCUT2D eigenvalue weighted by atomic mass is 9.79. The maximum absolute atomic E-state index is 13.9. The Morgan fingerprint density at radius 2 is 1.95 bits per heavy atom. The van der Waals surface area contributed by atoms with Crippen molar-refractivity contribution in [1.29, 1.82) is 0 Å². The second-order valence-electron chi connectivity index (χ2n) is 5.97. The van der Waals surface area contributed by atoms with Crippen LogP contribution in [-0.2, 0) is 6.54 Å². The van der Waals surface area contributed by atoms with E-state index in [0.717, 1.165) is 31.7 Å². The summed E-state index contributed by atoms with van der Waals surface area (Å²) in [6.07, 6.45) is 6.50. The first-order valence-electron chi connectivity index (χ1n) is 7.49. The van der Waals surface area contributed by atoms with Gasteiger partial charge in [0.1, 0.15) is 5.82 Å². The number of nitrogens with one attached hydrogen (secondary N) is 1. The normalized spacial score (nSPS) is 23.6. The van der Waals surface area contributed by atoms with Gasteiger partial charge in [0.2, 0.25) is 0 Å². The standard InChI is InChI=1S/C16H23FN2/c17-15-7-3-2-6-14(15)12-19-11-10-18-13-16(19)8-4-1-5-9-16/h2-3,6-7,18H,1,4-5,8-13H2. The summed E-state index contributed by atoms with van der Waals surface area (Å²) in [5.74, 6) is -0.0630. The van der Waals surface area contributed by atoms with Gasteiger partial charge in [-0.3, -0.25) is 4.90 Å². The number of hydrogen-bond donors (Lipinski definition) is 1. The molecule has 0 amide bonds. The molecule has 1 aliphatic carbocycles. The van der Waals surface area contributed by atoms with Crippen LogP contribution < -0.4 is 5.32 Å². The van der Waals surface area contributed by atoms with Crippen LogP contribution in [-0.4, -0.2) is 30.1 Å². The summed E-state index contributed by atoms with van der Waals surface area (Å²) in [6, 6.07) is 7.21. The first kappa shape index (κ1) is 13.1. The predicted molar refractivity (Wildman–Crippen MR) is 75.5 cm³/mol. The van der Waals surface area contributed by atoms with E-state index in [1.54, 1.807) is 12.1 Å². The average molecular weight is 262 g/mol. The molecule has 0 unspecified atom stereocenters. The van der Waals surface area contributed by atoms with Gasteiger partial charge in [-0.25, -0.2) is 4.39 Å². The fourth-order valence-corrected chi connectivity index (χ4v) is 3.67. The van der Waals surface area contributed by atoms with Crippen LogP contribution in [0.4, 0.5) is 4.39 Å². The van der Waals surface area contributed by atoms with Crippen LogP contribution in [0, 0.1) is 5.82 Å². The number of rotatable bonds is 2. The molecule has 3 heteroatoms. The van der Waals surface area contributed by atoms with Gasteiger partial charge < -0.3 is 5.32 Å². The van der Waals surface area contributed by atoms with Gasteiger partial charge in [-0.1, -0.05) is 37.5 Å². The summed E-state index contributed by atoms with van der Waals surface area (Å²) < 4.78 is 13.9. The molecule has 1 saturated heterocycles. The minimum absolute atomic E-state index is 0.0630. The van der Waals surface area contributed by atoms with E-state index in [-0.39, 0.29) is 11.4 Å². The molecule has 1 spiro atoms. The highest BCUT2D eigenvalue weighted by Gasteiger charge is 2.39. The lowest BCUT2D eigenvalue weighted by molar-refractivity contribution is 0.0201. The Hall–Kier alpha value is -0.930. The SMILES string of the molecule is Fc1ccccc1CN1CCNCC12CCCCC2. The van der Waals surface area contributed by atoms with Crippen LogP contribution in [0.25, 0.3) is 0 Å². The third kappa shape index (κ3) is 2.67. The lowest BCUT2D eigenvalue weighted by Gasteiger charge is -2.50. The van der Waals surface area contributed by atoms with Crippen molar-refractivity contribution in [1.82, 2.24) is 10.2 Å². The van der Waals surface area contributed by atoms with E-state index in [9.17, 15) is 4.39 Å². The molecule has 1 saturated carbocycles. The van der Waals surface area contributed by atoms with Crippen molar-refractivity contribution in [3.63, 3.8) is 0 Å². The van der Waals surface area contributed by atoms with Crippen molar-refractivity contribution >= 4 is 0 Å². The molecule has 1 aliphatic heterocycles. The third-order valence-corrected chi connectivity index (χ3v) is 4.79. The molecule has 1 aromatic carbocycles. The number of halogens is 1. The molecule has 0 bridgehead atoms. The quantitative estimate of drug-likeness (QED) is 0.881. The molecule has 104 valence electrons. The van der Waals surface area contributed by atoms with Crippen LogP contribution in [0.1, 0.15) is 37.7 Å². The van der Waals surface area contributed by atoms with Crippen LogP contribution in [0.3, 0.4) is 0 Å². The van der Waals surface area contributed by atoms with Gasteiger partial charge in [-0.05, 0) is 18.9 Å². The highest BCUT2D eigenvalue weighted by Crippen LogP contribution is 2.35. The number of piperazine rings is 1. The van der Waals surface area contributed by atoms with Gasteiger partial charge in [-0.15, -0.1) is 0 Å². The molecule has 0 atom stereocenters. The van der Waals surface area contributed by atoms with Gasteiger partial charge >= 0.3 is 0 Å². The molecule has 3 rings (SSSR count). The molecule has 1 N–H and O–H groups in total. The molecule has 2 nitrogen and oxygen atoms in total. The highest BCUT2D eigenvalue weighted by molar-refractivity contribution is 5.18. The monoisotopic (exact) mass is 262 g/mol. The van der Waals surface area contributed by atoms with Crippen molar-refractivity contribution in [2.75, 3.05) is 19.6 Å². The van der Waals surface area contributed by atoms with Gasteiger partial charge in [0.15, 0.2) is 0 Å². The fourth-order valence-electron chi connectivity index (χ4n) is 3.67. The van der Waals surface area contributed by atoms with Crippen LogP contribution in [0.5, 0.6) is 0 Å². The molecule has 2 fully saturated rings. The van der Waals surface area contributed by atoms with E-state index in [0.29, 0.717) is 0 Å². The highest BCUT2D eigenvalue weighted by atomic mass is 19.1. The lowest BCUT2D eigenvalue weighted by Crippen LogP contribution is -2.61. The van der Waals surface area contributed by atoms with Gasteiger partial charge in [0, 0.05) is 37.3 Å². The molecule has 2 aliphatic rings. The maximum Gasteiger partial charge on any atom is 0.127 e. The van der Waals surface area contributed by atoms with Gasteiger partial charge in [0.05, 0.1) is 0 Å². The van der Waals surface area contributed by atoms with Gasteiger partial charge in [0.25, 0.3) is 0 Å². The maximum atomic E-state index is 13.9. The molecule has 1 aromatic rings. The van der Waals surface area contributed by atoms with E-state index >= 15 is 0 Å². The molecular formula is C16H23FN2. The Balaban J connectivity index is 1.79. The predicted octanol–water partition coefficient (Wildman–Crippen LogP) is 2.93. The summed E-state index contributed by atoms with van der Waals surface area (Å²) in [6.45, 7) is 3.89. The molecule has 1 heterocycles. The van der Waals surface area contributed by atoms with Crippen LogP contribution in [0.2, 0.25) is 0 Å². The molecule has 0 radical (unpaired) electrons. The summed E-state index contributed by atoms with van der Waals surface area (Å²) in [5.41, 5.74) is 1.12. The third-order valence-electron chi connectivity index (χ3n) is 4.79. The van der Waals surface area contributed by atoms with Crippen molar-refractivity contribution in [2.45, 2.75) is 44.2 Å². The number of nitrogens with zero attached hydrogens (tertiary/aromatic N) is 1. The topological polar surface area (TPSA) is 15.3 Å². The summed E-state index contributed by atoms with van der Waals surface area (Å²) in [4.78, 5) is 2.53. The summed E-state index contributed by atoms with van der Waals surface area (Å²) in [7, 11) is 0. The summed E-state index contributed by atoms with van der Waals surface area (Å²) in [5, 5.41) is 3.54. The van der Waals surface area contributed by atoms with Crippen molar-refractivity contribution < 1.29 is 4.39 Å². The zero-order valence-electron chi connectivity index (χ0n) is 11.5.